The monoisotopic (exact) mass is 404 g/mol. The normalized spacial score (nSPS) is 13.7. The highest BCUT2D eigenvalue weighted by molar-refractivity contribution is 5.96. The highest BCUT2D eigenvalue weighted by Gasteiger charge is 2.21. The largest absolute Gasteiger partial charge is 0.482 e. The number of carbonyl (C=O) groups excluding carboxylic acids is 2. The second kappa shape index (κ2) is 8.41. The van der Waals surface area contributed by atoms with Gasteiger partial charge < -0.3 is 15.4 Å². The lowest BCUT2D eigenvalue weighted by molar-refractivity contribution is -0.118. The maximum atomic E-state index is 13.0. The lowest BCUT2D eigenvalue weighted by atomic mass is 10.1. The molecule has 0 fully saturated rings. The van der Waals surface area contributed by atoms with Crippen molar-refractivity contribution >= 4 is 17.5 Å². The first-order chi connectivity index (χ1) is 14.5. The van der Waals surface area contributed by atoms with E-state index in [9.17, 15) is 9.59 Å². The summed E-state index contributed by atoms with van der Waals surface area (Å²) in [4.78, 5) is 24.5. The minimum atomic E-state index is -0.246. The molecule has 1 unspecified atom stereocenters. The number of hydrogen-bond acceptors (Lipinski definition) is 4. The van der Waals surface area contributed by atoms with E-state index >= 15 is 0 Å². The Kier molecular flexibility index (Phi) is 5.52. The number of nitrogens with zero attached hydrogens (tertiary/aromatic N) is 2. The molecule has 2 amide bonds. The molecule has 154 valence electrons. The Bertz CT molecular complexity index is 1080. The summed E-state index contributed by atoms with van der Waals surface area (Å²) in [7, 11) is 0. The van der Waals surface area contributed by atoms with Crippen molar-refractivity contribution < 1.29 is 14.3 Å². The fourth-order valence-electron chi connectivity index (χ4n) is 3.59. The third-order valence-electron chi connectivity index (χ3n) is 5.19. The molecular weight excluding hydrogens is 380 g/mol. The van der Waals surface area contributed by atoms with E-state index in [1.807, 2.05) is 67.1 Å². The summed E-state index contributed by atoms with van der Waals surface area (Å²) < 4.78 is 7.27. The van der Waals surface area contributed by atoms with E-state index in [0.29, 0.717) is 30.0 Å². The van der Waals surface area contributed by atoms with E-state index in [0.717, 1.165) is 16.8 Å². The Balaban J connectivity index is 1.50. The van der Waals surface area contributed by atoms with Crippen LogP contribution in [-0.2, 0) is 17.8 Å². The summed E-state index contributed by atoms with van der Waals surface area (Å²) >= 11 is 0. The summed E-state index contributed by atoms with van der Waals surface area (Å²) in [6, 6.07) is 15.3. The molecule has 2 N–H and O–H groups in total. The van der Waals surface area contributed by atoms with Crippen LogP contribution in [0.1, 0.15) is 47.1 Å². The van der Waals surface area contributed by atoms with E-state index in [4.69, 9.17) is 4.74 Å². The van der Waals surface area contributed by atoms with Crippen molar-refractivity contribution in [2.75, 3.05) is 11.9 Å². The number of ether oxygens (including phenoxy) is 1. The Labute approximate surface area is 175 Å². The Morgan fingerprint density at radius 1 is 1.27 bits per heavy atom. The molecular formula is C23H24N4O3. The molecule has 0 saturated heterocycles. The van der Waals surface area contributed by atoms with Gasteiger partial charge in [-0.3, -0.25) is 14.3 Å². The van der Waals surface area contributed by atoms with Gasteiger partial charge in [0.05, 0.1) is 35.7 Å². The number of fused-ring (bicyclic) bond motifs is 1. The number of hydrogen-bond donors (Lipinski definition) is 2. The smallest absolute Gasteiger partial charge is 0.262 e. The van der Waals surface area contributed by atoms with E-state index in [2.05, 4.69) is 15.7 Å². The van der Waals surface area contributed by atoms with Crippen molar-refractivity contribution in [2.24, 2.45) is 0 Å². The second-order valence-electron chi connectivity index (χ2n) is 7.29. The summed E-state index contributed by atoms with van der Waals surface area (Å²) in [5.41, 5.74) is 4.11. The summed E-state index contributed by atoms with van der Waals surface area (Å²) in [5.74, 6) is 0.277. The molecule has 0 saturated carbocycles. The molecule has 7 heteroatoms. The highest BCUT2D eigenvalue weighted by Crippen LogP contribution is 2.30. The number of amides is 2. The lowest BCUT2D eigenvalue weighted by Gasteiger charge is -2.21. The van der Waals surface area contributed by atoms with Gasteiger partial charge in [-0.05, 0) is 36.6 Å². The minimum Gasteiger partial charge on any atom is -0.482 e. The summed E-state index contributed by atoms with van der Waals surface area (Å²) in [5, 5.41) is 10.3. The van der Waals surface area contributed by atoms with Gasteiger partial charge in [0, 0.05) is 0 Å². The quantitative estimate of drug-likeness (QED) is 0.660. The van der Waals surface area contributed by atoms with Crippen LogP contribution in [0.2, 0.25) is 0 Å². The first-order valence-electron chi connectivity index (χ1n) is 10.0. The number of carbonyl (C=O) groups is 2. The van der Waals surface area contributed by atoms with Crippen LogP contribution in [0, 0.1) is 0 Å². The van der Waals surface area contributed by atoms with Crippen molar-refractivity contribution in [1.82, 2.24) is 15.1 Å². The van der Waals surface area contributed by atoms with Crippen LogP contribution >= 0.6 is 0 Å². The van der Waals surface area contributed by atoms with Crippen LogP contribution in [0.15, 0.2) is 54.7 Å². The molecule has 3 aromatic rings. The van der Waals surface area contributed by atoms with Crippen molar-refractivity contribution in [3.8, 4) is 5.75 Å². The SMILES string of the molecule is CCc1c(C(=O)NC(C)c2ccc3c(c2)NC(=O)CO3)cnn1Cc1ccccc1. The van der Waals surface area contributed by atoms with Crippen molar-refractivity contribution in [3.63, 3.8) is 0 Å². The fourth-order valence-corrected chi connectivity index (χ4v) is 3.59. The number of aromatic nitrogens is 2. The van der Waals surface area contributed by atoms with Crippen molar-refractivity contribution in [1.29, 1.82) is 0 Å². The molecule has 0 aliphatic carbocycles. The molecule has 0 radical (unpaired) electrons. The van der Waals surface area contributed by atoms with E-state index in [-0.39, 0.29) is 24.5 Å². The van der Waals surface area contributed by atoms with E-state index in [1.54, 1.807) is 6.20 Å². The maximum Gasteiger partial charge on any atom is 0.262 e. The van der Waals surface area contributed by atoms with Crippen LogP contribution in [0.25, 0.3) is 0 Å². The predicted octanol–water partition coefficient (Wildman–Crippen LogP) is 3.32. The molecule has 1 aliphatic heterocycles. The Morgan fingerprint density at radius 2 is 2.07 bits per heavy atom. The molecule has 7 nitrogen and oxygen atoms in total. The van der Waals surface area contributed by atoms with Gasteiger partial charge in [-0.25, -0.2) is 0 Å². The standard InChI is InChI=1S/C23H24N4O3/c1-3-20-18(12-24-27(20)13-16-7-5-4-6-8-16)23(29)25-15(2)17-9-10-21-19(11-17)26-22(28)14-30-21/h4-12,15H,3,13-14H2,1-2H3,(H,25,29)(H,26,28). The van der Waals surface area contributed by atoms with Crippen LogP contribution in [0.3, 0.4) is 0 Å². The lowest BCUT2D eigenvalue weighted by Crippen LogP contribution is -2.28. The average molecular weight is 404 g/mol. The molecule has 2 aromatic carbocycles. The average Bonchev–Trinajstić information content (AvgIpc) is 3.16. The molecule has 0 spiro atoms. The van der Waals surface area contributed by atoms with Gasteiger partial charge in [0.1, 0.15) is 5.75 Å². The topological polar surface area (TPSA) is 85.2 Å². The first kappa shape index (κ1) is 19.7. The molecule has 1 aliphatic rings. The fraction of sp³-hybridized carbons (Fsp3) is 0.261. The van der Waals surface area contributed by atoms with Gasteiger partial charge in [-0.15, -0.1) is 0 Å². The molecule has 30 heavy (non-hydrogen) atoms. The van der Waals surface area contributed by atoms with Gasteiger partial charge in [0.2, 0.25) is 0 Å². The van der Waals surface area contributed by atoms with Gasteiger partial charge >= 0.3 is 0 Å². The number of anilines is 1. The van der Waals surface area contributed by atoms with Gasteiger partial charge in [0.15, 0.2) is 6.61 Å². The molecule has 1 atom stereocenters. The molecule has 0 bridgehead atoms. The van der Waals surface area contributed by atoms with Crippen LogP contribution in [-0.4, -0.2) is 28.2 Å². The van der Waals surface area contributed by atoms with Gasteiger partial charge in [-0.2, -0.15) is 5.10 Å². The third-order valence-corrected chi connectivity index (χ3v) is 5.19. The van der Waals surface area contributed by atoms with Crippen LogP contribution in [0.5, 0.6) is 5.75 Å². The zero-order chi connectivity index (χ0) is 21.1. The van der Waals surface area contributed by atoms with Crippen molar-refractivity contribution in [2.45, 2.75) is 32.9 Å². The van der Waals surface area contributed by atoms with Gasteiger partial charge in [0.25, 0.3) is 11.8 Å². The zero-order valence-electron chi connectivity index (χ0n) is 17.0. The third kappa shape index (κ3) is 4.05. The number of nitrogens with one attached hydrogen (secondary N) is 2. The highest BCUT2D eigenvalue weighted by atomic mass is 16.5. The van der Waals surface area contributed by atoms with E-state index < -0.39 is 0 Å². The maximum absolute atomic E-state index is 13.0. The number of benzene rings is 2. The summed E-state index contributed by atoms with van der Waals surface area (Å²) in [6.07, 6.45) is 2.33. The van der Waals surface area contributed by atoms with Crippen LogP contribution in [0.4, 0.5) is 5.69 Å². The second-order valence-corrected chi connectivity index (χ2v) is 7.29. The molecule has 1 aromatic heterocycles. The molecule has 4 rings (SSSR count). The predicted molar refractivity (Wildman–Crippen MR) is 114 cm³/mol. The molecule has 2 heterocycles. The minimum absolute atomic E-state index is 0.0192. The van der Waals surface area contributed by atoms with Crippen LogP contribution < -0.4 is 15.4 Å². The Hall–Kier alpha value is -3.61. The van der Waals surface area contributed by atoms with E-state index in [1.165, 1.54) is 0 Å². The van der Waals surface area contributed by atoms with Gasteiger partial charge in [-0.1, -0.05) is 43.3 Å². The van der Waals surface area contributed by atoms with Crippen molar-refractivity contribution in [3.05, 3.63) is 77.1 Å². The first-order valence-corrected chi connectivity index (χ1v) is 10.0. The zero-order valence-corrected chi connectivity index (χ0v) is 17.0. The number of rotatable bonds is 6. The Morgan fingerprint density at radius 3 is 2.83 bits per heavy atom. The summed E-state index contributed by atoms with van der Waals surface area (Å²) in [6.45, 7) is 4.57.